The molecular weight excluding hydrogens is 328 g/mol. The molecule has 5 heteroatoms. The summed E-state index contributed by atoms with van der Waals surface area (Å²) in [5.41, 5.74) is 4.51. The molecule has 0 spiro atoms. The summed E-state index contributed by atoms with van der Waals surface area (Å²) >= 11 is 3.56. The van der Waals surface area contributed by atoms with Crippen molar-refractivity contribution in [1.29, 1.82) is 0 Å². The highest BCUT2D eigenvalue weighted by atomic mass is 79.9. The molecule has 0 amide bonds. The number of nitrogens with one attached hydrogen (secondary N) is 1. The number of aromatic nitrogens is 3. The van der Waals surface area contributed by atoms with Crippen molar-refractivity contribution in [3.05, 3.63) is 39.6 Å². The molecule has 1 atom stereocenters. The predicted octanol–water partition coefficient (Wildman–Crippen LogP) is 3.96. The first-order chi connectivity index (χ1) is 10.1. The van der Waals surface area contributed by atoms with Gasteiger partial charge in [0.1, 0.15) is 5.69 Å². The lowest BCUT2D eigenvalue weighted by atomic mass is 10.1. The zero-order valence-corrected chi connectivity index (χ0v) is 14.7. The normalized spacial score (nSPS) is 12.6. The van der Waals surface area contributed by atoms with Crippen LogP contribution in [0.25, 0.3) is 5.69 Å². The molecule has 0 aliphatic carbocycles. The summed E-state index contributed by atoms with van der Waals surface area (Å²) < 4.78 is 3.03. The van der Waals surface area contributed by atoms with Gasteiger partial charge in [-0.3, -0.25) is 0 Å². The third-order valence-corrected chi connectivity index (χ3v) is 4.05. The molecule has 4 nitrogen and oxygen atoms in total. The SMILES string of the molecule is CCNC(CC)c1nnn(-c2cc(C)cc(Br)c2)c1CC. The number of nitrogens with zero attached hydrogens (tertiary/aromatic N) is 3. The third-order valence-electron chi connectivity index (χ3n) is 3.59. The molecule has 2 aromatic rings. The molecule has 114 valence electrons. The summed E-state index contributed by atoms with van der Waals surface area (Å²) in [7, 11) is 0. The predicted molar refractivity (Wildman–Crippen MR) is 89.9 cm³/mol. The van der Waals surface area contributed by atoms with E-state index in [-0.39, 0.29) is 6.04 Å². The van der Waals surface area contributed by atoms with E-state index in [9.17, 15) is 0 Å². The zero-order chi connectivity index (χ0) is 15.4. The lowest BCUT2D eigenvalue weighted by Crippen LogP contribution is -2.21. The molecular formula is C16H23BrN4. The number of aryl methyl sites for hydroxylation is 1. The van der Waals surface area contributed by atoms with Crippen molar-refractivity contribution in [3.63, 3.8) is 0 Å². The van der Waals surface area contributed by atoms with Gasteiger partial charge in [0.25, 0.3) is 0 Å². The average Bonchev–Trinajstić information content (AvgIpc) is 2.87. The summed E-state index contributed by atoms with van der Waals surface area (Å²) in [5.74, 6) is 0. The minimum absolute atomic E-state index is 0.270. The highest BCUT2D eigenvalue weighted by Gasteiger charge is 2.19. The topological polar surface area (TPSA) is 42.7 Å². The first-order valence-electron chi connectivity index (χ1n) is 7.56. The maximum absolute atomic E-state index is 4.45. The van der Waals surface area contributed by atoms with Gasteiger partial charge in [-0.1, -0.05) is 41.9 Å². The summed E-state index contributed by atoms with van der Waals surface area (Å²) in [6.07, 6.45) is 1.92. The van der Waals surface area contributed by atoms with Crippen LogP contribution in [0.1, 0.15) is 50.2 Å². The molecule has 0 bridgehead atoms. The van der Waals surface area contributed by atoms with Gasteiger partial charge in [-0.2, -0.15) is 0 Å². The molecule has 0 fully saturated rings. The Kier molecular flexibility index (Phi) is 5.53. The maximum Gasteiger partial charge on any atom is 0.103 e. The van der Waals surface area contributed by atoms with Crippen molar-refractivity contribution in [2.75, 3.05) is 6.54 Å². The Balaban J connectivity index is 2.48. The summed E-state index contributed by atoms with van der Waals surface area (Å²) in [6, 6.07) is 6.59. The van der Waals surface area contributed by atoms with E-state index in [1.54, 1.807) is 0 Å². The molecule has 0 aliphatic rings. The van der Waals surface area contributed by atoms with Crippen molar-refractivity contribution < 1.29 is 0 Å². The molecule has 1 N–H and O–H groups in total. The van der Waals surface area contributed by atoms with Gasteiger partial charge in [0.2, 0.25) is 0 Å². The highest BCUT2D eigenvalue weighted by Crippen LogP contribution is 2.24. The monoisotopic (exact) mass is 350 g/mol. The summed E-state index contributed by atoms with van der Waals surface area (Å²) in [4.78, 5) is 0. The molecule has 0 radical (unpaired) electrons. The van der Waals surface area contributed by atoms with Gasteiger partial charge < -0.3 is 5.32 Å². The highest BCUT2D eigenvalue weighted by molar-refractivity contribution is 9.10. The first kappa shape index (κ1) is 16.2. The molecule has 2 rings (SSSR count). The smallest absolute Gasteiger partial charge is 0.103 e. The van der Waals surface area contributed by atoms with Gasteiger partial charge in [0.15, 0.2) is 0 Å². The van der Waals surface area contributed by atoms with E-state index in [2.05, 4.69) is 77.5 Å². The molecule has 1 aromatic heterocycles. The average molecular weight is 351 g/mol. The number of benzene rings is 1. The molecule has 0 saturated heterocycles. The van der Waals surface area contributed by atoms with E-state index in [1.807, 2.05) is 4.68 Å². The quantitative estimate of drug-likeness (QED) is 0.857. The fourth-order valence-corrected chi connectivity index (χ4v) is 3.24. The Hall–Kier alpha value is -1.20. The molecule has 1 unspecified atom stereocenters. The van der Waals surface area contributed by atoms with E-state index < -0.39 is 0 Å². The van der Waals surface area contributed by atoms with Crippen LogP contribution >= 0.6 is 15.9 Å². The van der Waals surface area contributed by atoms with Crippen molar-refractivity contribution in [1.82, 2.24) is 20.3 Å². The lowest BCUT2D eigenvalue weighted by Gasteiger charge is -2.15. The fourth-order valence-electron chi connectivity index (χ4n) is 2.64. The van der Waals surface area contributed by atoms with E-state index >= 15 is 0 Å². The van der Waals surface area contributed by atoms with Crippen LogP contribution in [0.3, 0.4) is 0 Å². The van der Waals surface area contributed by atoms with Gasteiger partial charge >= 0.3 is 0 Å². The first-order valence-corrected chi connectivity index (χ1v) is 8.35. The number of rotatable bonds is 6. The van der Waals surface area contributed by atoms with Crippen LogP contribution < -0.4 is 5.32 Å². The molecule has 21 heavy (non-hydrogen) atoms. The third kappa shape index (κ3) is 3.52. The van der Waals surface area contributed by atoms with Gasteiger partial charge in [-0.15, -0.1) is 5.10 Å². The van der Waals surface area contributed by atoms with Gasteiger partial charge in [-0.05, 0) is 50.1 Å². The molecule has 0 aliphatic heterocycles. The second-order valence-electron chi connectivity index (χ2n) is 5.19. The number of hydrogen-bond donors (Lipinski definition) is 1. The standard InChI is InChI=1S/C16H23BrN4/c1-5-14(18-7-3)16-15(6-2)21(20-19-16)13-9-11(4)8-12(17)10-13/h8-10,14,18H,5-7H2,1-4H3. The molecule has 1 heterocycles. The van der Waals surface area contributed by atoms with E-state index in [0.717, 1.165) is 35.2 Å². The Morgan fingerprint density at radius 2 is 2.00 bits per heavy atom. The summed E-state index contributed by atoms with van der Waals surface area (Å²) in [5, 5.41) is 12.3. The largest absolute Gasteiger partial charge is 0.309 e. The Morgan fingerprint density at radius 1 is 1.24 bits per heavy atom. The van der Waals surface area contributed by atoms with Crippen LogP contribution in [0.5, 0.6) is 0 Å². The second-order valence-corrected chi connectivity index (χ2v) is 6.11. The minimum Gasteiger partial charge on any atom is -0.309 e. The van der Waals surface area contributed by atoms with Crippen molar-refractivity contribution in [3.8, 4) is 5.69 Å². The molecule has 1 aromatic carbocycles. The zero-order valence-electron chi connectivity index (χ0n) is 13.2. The Bertz CT molecular complexity index is 586. The lowest BCUT2D eigenvalue weighted by molar-refractivity contribution is 0.520. The van der Waals surface area contributed by atoms with Crippen LogP contribution in [0.4, 0.5) is 0 Å². The van der Waals surface area contributed by atoms with Crippen LogP contribution in [0.15, 0.2) is 22.7 Å². The van der Waals surface area contributed by atoms with Crippen LogP contribution in [-0.4, -0.2) is 21.5 Å². The van der Waals surface area contributed by atoms with Crippen molar-refractivity contribution >= 4 is 15.9 Å². The number of halogens is 1. The van der Waals surface area contributed by atoms with Crippen LogP contribution in [-0.2, 0) is 6.42 Å². The van der Waals surface area contributed by atoms with E-state index in [4.69, 9.17) is 0 Å². The van der Waals surface area contributed by atoms with Gasteiger partial charge in [0, 0.05) is 4.47 Å². The second kappa shape index (κ2) is 7.18. The van der Waals surface area contributed by atoms with Crippen molar-refractivity contribution in [2.45, 2.75) is 46.6 Å². The van der Waals surface area contributed by atoms with E-state index in [0.29, 0.717) is 0 Å². The van der Waals surface area contributed by atoms with Gasteiger partial charge in [-0.25, -0.2) is 4.68 Å². The maximum atomic E-state index is 4.45. The van der Waals surface area contributed by atoms with E-state index in [1.165, 1.54) is 11.3 Å². The van der Waals surface area contributed by atoms with Crippen LogP contribution in [0.2, 0.25) is 0 Å². The Labute approximate surface area is 135 Å². The van der Waals surface area contributed by atoms with Crippen LogP contribution in [0, 0.1) is 6.92 Å². The number of hydrogen-bond acceptors (Lipinski definition) is 3. The van der Waals surface area contributed by atoms with Gasteiger partial charge in [0.05, 0.1) is 17.4 Å². The Morgan fingerprint density at radius 3 is 2.57 bits per heavy atom. The van der Waals surface area contributed by atoms with Crippen molar-refractivity contribution in [2.24, 2.45) is 0 Å². The molecule has 0 saturated carbocycles. The fraction of sp³-hybridized carbons (Fsp3) is 0.500. The minimum atomic E-state index is 0.270. The summed E-state index contributed by atoms with van der Waals surface area (Å²) in [6.45, 7) is 9.48.